The van der Waals surface area contributed by atoms with Gasteiger partial charge in [-0.25, -0.2) is 0 Å². The van der Waals surface area contributed by atoms with Crippen LogP contribution in [0.5, 0.6) is 0 Å². The molecule has 1 amide bonds. The van der Waals surface area contributed by atoms with E-state index in [0.29, 0.717) is 17.0 Å². The van der Waals surface area contributed by atoms with Gasteiger partial charge >= 0.3 is 0 Å². The van der Waals surface area contributed by atoms with Gasteiger partial charge in [0.2, 0.25) is 11.0 Å². The van der Waals surface area contributed by atoms with Crippen LogP contribution in [0.15, 0.2) is 27.3 Å². The predicted molar refractivity (Wildman–Crippen MR) is 123 cm³/mol. The Kier molecular flexibility index (Phi) is 6.57. The number of nitrogens with zero attached hydrogens (tertiary/aromatic N) is 4. The molecule has 0 aromatic carbocycles. The Morgan fingerprint density at radius 2 is 2.21 bits per heavy atom. The summed E-state index contributed by atoms with van der Waals surface area (Å²) in [4.78, 5) is 26.6. The second kappa shape index (κ2) is 9.15. The first-order chi connectivity index (χ1) is 14.0. The molecule has 0 saturated carbocycles. The average Bonchev–Trinajstić information content (AvgIpc) is 3.14. The lowest BCUT2D eigenvalue weighted by atomic mass is 9.83. The number of carbonyl (C=O) groups excluding carboxylic acids is 1. The van der Waals surface area contributed by atoms with Crippen LogP contribution in [0.2, 0.25) is 0 Å². The Bertz CT molecular complexity index is 975. The second-order valence-corrected chi connectivity index (χ2v) is 11.1. The van der Waals surface area contributed by atoms with Crippen molar-refractivity contribution in [2.24, 2.45) is 5.92 Å². The van der Waals surface area contributed by atoms with Gasteiger partial charge in [-0.05, 0) is 24.2 Å². The van der Waals surface area contributed by atoms with Gasteiger partial charge in [-0.2, -0.15) is 0 Å². The predicted octanol–water partition coefficient (Wildman–Crippen LogP) is 2.89. The zero-order valence-corrected chi connectivity index (χ0v) is 19.1. The minimum Gasteiger partial charge on any atom is -0.356 e. The molecular weight excluding hydrogens is 446 g/mol. The first kappa shape index (κ1) is 20.8. The molecule has 11 heteroatoms. The van der Waals surface area contributed by atoms with Gasteiger partial charge in [0, 0.05) is 37.3 Å². The summed E-state index contributed by atoms with van der Waals surface area (Å²) in [7, 11) is 0. The number of hydrogen-bond donors (Lipinski definition) is 1. The van der Waals surface area contributed by atoms with Gasteiger partial charge in [-0.1, -0.05) is 60.1 Å². The third-order valence-electron chi connectivity index (χ3n) is 4.99. The summed E-state index contributed by atoms with van der Waals surface area (Å²) in [6, 6.07) is 5.51. The molecule has 0 radical (unpaired) electrons. The quantitative estimate of drug-likeness (QED) is 0.409. The smallest absolute Gasteiger partial charge is 0.250 e. The molecule has 2 aromatic rings. The molecule has 29 heavy (non-hydrogen) atoms. The van der Waals surface area contributed by atoms with Crippen LogP contribution in [-0.4, -0.2) is 54.5 Å². The fourth-order valence-electron chi connectivity index (χ4n) is 3.86. The number of anilines is 1. The molecule has 7 nitrogen and oxygen atoms in total. The van der Waals surface area contributed by atoms with Crippen LogP contribution in [0.3, 0.4) is 0 Å². The van der Waals surface area contributed by atoms with Crippen molar-refractivity contribution in [2.45, 2.75) is 30.1 Å². The molecular formula is C18H21N5O2S4. The maximum atomic E-state index is 12.2. The van der Waals surface area contributed by atoms with Gasteiger partial charge in [-0.15, -0.1) is 10.2 Å². The number of aromatic nitrogens is 3. The molecule has 2 aliphatic rings. The third-order valence-corrected chi connectivity index (χ3v) is 8.36. The van der Waals surface area contributed by atoms with E-state index in [1.54, 1.807) is 17.8 Å². The number of likely N-dealkylation sites (tertiary alicyclic amines) is 1. The first-order valence-corrected chi connectivity index (χ1v) is 12.6. The van der Waals surface area contributed by atoms with Gasteiger partial charge in [0.15, 0.2) is 4.34 Å². The Hall–Kier alpha value is -1.43. The fraction of sp³-hybridized carbons (Fsp3) is 0.500. The summed E-state index contributed by atoms with van der Waals surface area (Å²) in [5.41, 5.74) is 1.18. The molecule has 2 aromatic heterocycles. The van der Waals surface area contributed by atoms with Gasteiger partial charge < -0.3 is 9.47 Å². The molecule has 2 aliphatic heterocycles. The van der Waals surface area contributed by atoms with E-state index in [0.717, 1.165) is 46.2 Å². The van der Waals surface area contributed by atoms with E-state index in [1.807, 2.05) is 23.6 Å². The van der Waals surface area contributed by atoms with Gasteiger partial charge in [0.1, 0.15) is 4.32 Å². The number of pyridine rings is 1. The number of carbonyl (C=O) groups is 1. The Balaban J connectivity index is 1.31. The number of hydrogen-bond acceptors (Lipinski definition) is 8. The topological polar surface area (TPSA) is 80.1 Å². The van der Waals surface area contributed by atoms with Gasteiger partial charge in [0.25, 0.3) is 5.56 Å². The maximum Gasteiger partial charge on any atom is 0.250 e. The highest BCUT2D eigenvalue weighted by Crippen LogP contribution is 2.36. The minimum atomic E-state index is -0.129. The summed E-state index contributed by atoms with van der Waals surface area (Å²) >= 11 is 9.97. The van der Waals surface area contributed by atoms with Crippen LogP contribution in [0, 0.1) is 5.92 Å². The van der Waals surface area contributed by atoms with Crippen LogP contribution < -0.4 is 10.9 Å². The van der Waals surface area contributed by atoms with E-state index in [2.05, 4.69) is 20.4 Å². The standard InChI is InChI=1S/C18H21N5O2S4/c1-2-27-17-21-20-16(29-17)19-14(24)10-28-18(26)22-7-11-6-12(9-22)13-4-3-5-15(25)23(13)8-11/h3-5,11-12H,2,6-10H2,1H3,(H,19,20,24). The third kappa shape index (κ3) is 4.84. The van der Waals surface area contributed by atoms with Crippen LogP contribution in [-0.2, 0) is 11.3 Å². The monoisotopic (exact) mass is 467 g/mol. The van der Waals surface area contributed by atoms with E-state index in [-0.39, 0.29) is 17.2 Å². The Labute approximate surface area is 186 Å². The highest BCUT2D eigenvalue weighted by molar-refractivity contribution is 8.23. The number of thioether (sulfide) groups is 2. The summed E-state index contributed by atoms with van der Waals surface area (Å²) in [6.07, 6.45) is 1.09. The van der Waals surface area contributed by atoms with E-state index in [9.17, 15) is 9.59 Å². The normalized spacial score (nSPS) is 20.2. The fourth-order valence-corrected chi connectivity index (χ4v) is 6.51. The number of fused-ring (bicyclic) bond motifs is 4. The van der Waals surface area contributed by atoms with Crippen LogP contribution in [0.4, 0.5) is 5.13 Å². The van der Waals surface area contributed by atoms with Crippen molar-refractivity contribution >= 4 is 62.4 Å². The Morgan fingerprint density at radius 1 is 1.34 bits per heavy atom. The molecule has 1 saturated heterocycles. The van der Waals surface area contributed by atoms with Crippen molar-refractivity contribution < 1.29 is 4.79 Å². The number of amides is 1. The number of rotatable bonds is 5. The summed E-state index contributed by atoms with van der Waals surface area (Å²) in [5, 5.41) is 11.3. The molecule has 1 N–H and O–H groups in total. The SMILES string of the molecule is CCSc1nnc(NC(=O)CSC(=S)N2CC3CC(C2)c2cccc(=O)n2C3)s1. The summed E-state index contributed by atoms with van der Waals surface area (Å²) in [5.74, 6) is 1.75. The number of piperidine rings is 1. The lowest BCUT2D eigenvalue weighted by Gasteiger charge is -2.43. The van der Waals surface area contributed by atoms with Crippen molar-refractivity contribution in [1.82, 2.24) is 19.7 Å². The Morgan fingerprint density at radius 3 is 3.03 bits per heavy atom. The lowest BCUT2D eigenvalue weighted by molar-refractivity contribution is -0.113. The van der Waals surface area contributed by atoms with Crippen molar-refractivity contribution in [1.29, 1.82) is 0 Å². The highest BCUT2D eigenvalue weighted by atomic mass is 32.2. The molecule has 0 spiro atoms. The molecule has 4 heterocycles. The van der Waals surface area contributed by atoms with Crippen LogP contribution in [0.1, 0.15) is 25.0 Å². The van der Waals surface area contributed by atoms with E-state index < -0.39 is 0 Å². The van der Waals surface area contributed by atoms with Crippen molar-refractivity contribution in [3.8, 4) is 0 Å². The number of nitrogens with one attached hydrogen (secondary N) is 1. The van der Waals surface area contributed by atoms with Crippen LogP contribution >= 0.6 is 47.1 Å². The van der Waals surface area contributed by atoms with E-state index in [1.165, 1.54) is 23.1 Å². The van der Waals surface area contributed by atoms with Gasteiger partial charge in [-0.3, -0.25) is 14.9 Å². The molecule has 154 valence electrons. The molecule has 2 atom stereocenters. The minimum absolute atomic E-state index is 0.0800. The van der Waals surface area contributed by atoms with Crippen LogP contribution in [0.25, 0.3) is 0 Å². The molecule has 2 bridgehead atoms. The van der Waals surface area contributed by atoms with Gasteiger partial charge in [0.05, 0.1) is 5.75 Å². The first-order valence-electron chi connectivity index (χ1n) is 9.41. The van der Waals surface area contributed by atoms with Crippen molar-refractivity contribution in [2.75, 3.05) is 29.9 Å². The zero-order valence-electron chi connectivity index (χ0n) is 15.9. The van der Waals surface area contributed by atoms with Crippen molar-refractivity contribution in [3.05, 3.63) is 34.2 Å². The second-order valence-electron chi connectivity index (χ2n) is 7.01. The lowest BCUT2D eigenvalue weighted by Crippen LogP contribution is -2.48. The van der Waals surface area contributed by atoms with Crippen molar-refractivity contribution in [3.63, 3.8) is 0 Å². The summed E-state index contributed by atoms with van der Waals surface area (Å²) in [6.45, 7) is 4.42. The average molecular weight is 468 g/mol. The molecule has 0 aliphatic carbocycles. The molecule has 2 unspecified atom stereocenters. The zero-order chi connectivity index (χ0) is 20.4. The summed E-state index contributed by atoms with van der Waals surface area (Å²) < 4.78 is 3.50. The molecule has 4 rings (SSSR count). The molecule has 1 fully saturated rings. The van der Waals surface area contributed by atoms with E-state index in [4.69, 9.17) is 12.2 Å². The maximum absolute atomic E-state index is 12.2. The van der Waals surface area contributed by atoms with E-state index >= 15 is 0 Å². The largest absolute Gasteiger partial charge is 0.356 e. The highest BCUT2D eigenvalue weighted by Gasteiger charge is 2.35. The number of thiocarbonyl (C=S) groups is 1.